The highest BCUT2D eigenvalue weighted by Gasteiger charge is 2.24. The number of nitrogens with zero attached hydrogens (tertiary/aromatic N) is 5. The molecule has 29 heavy (non-hydrogen) atoms. The van der Waals surface area contributed by atoms with Gasteiger partial charge >= 0.3 is 0 Å². The summed E-state index contributed by atoms with van der Waals surface area (Å²) in [6.45, 7) is 7.46. The number of hydrogen-bond acceptors (Lipinski definition) is 8. The van der Waals surface area contributed by atoms with Crippen LogP contribution in [0.25, 0.3) is 11.0 Å². The normalized spacial score (nSPS) is 13.0. The predicted octanol–water partition coefficient (Wildman–Crippen LogP) is 1.21. The van der Waals surface area contributed by atoms with Crippen LogP contribution in [0, 0.1) is 6.92 Å². The Morgan fingerprint density at radius 2 is 2.03 bits per heavy atom. The van der Waals surface area contributed by atoms with Crippen molar-refractivity contribution in [3.63, 3.8) is 0 Å². The van der Waals surface area contributed by atoms with E-state index in [9.17, 15) is 13.2 Å². The molecule has 0 aliphatic rings. The average Bonchev–Trinajstić information content (AvgIpc) is 3.28. The van der Waals surface area contributed by atoms with Crippen molar-refractivity contribution in [1.29, 1.82) is 0 Å². The third-order valence-electron chi connectivity index (χ3n) is 4.24. The number of carbonyl (C=O) groups is 1. The molecule has 2 aromatic heterocycles. The number of amides is 1. The Morgan fingerprint density at radius 1 is 1.31 bits per heavy atom. The molecule has 11 nitrogen and oxygen atoms in total. The molecule has 3 rings (SSSR count). The number of benzene rings is 1. The van der Waals surface area contributed by atoms with Crippen LogP contribution < -0.4 is 10.2 Å². The molecule has 0 saturated carbocycles. The lowest BCUT2D eigenvalue weighted by atomic mass is 10.3. The Morgan fingerprint density at radius 3 is 2.66 bits per heavy atom. The lowest BCUT2D eigenvalue weighted by Gasteiger charge is -2.18. The monoisotopic (exact) mass is 422 g/mol. The number of hydrogen-bond donors (Lipinski definition) is 1. The van der Waals surface area contributed by atoms with Crippen LogP contribution in [0.2, 0.25) is 0 Å². The van der Waals surface area contributed by atoms with Gasteiger partial charge in [0.15, 0.2) is 5.82 Å². The standard InChI is InChI=1S/C17H22N6O5S/c1-5-22(6-2)29(25,26)13-7-8-14-15(10-13)23(21-19-14)28-12(4)17(24)18-16-9-11(3)27-20-16/h7-10,12H,5-6H2,1-4H3,(H,18,20,24)/t12-/m0/s1. The van der Waals surface area contributed by atoms with Crippen LogP contribution in [-0.4, -0.2) is 58.1 Å². The van der Waals surface area contributed by atoms with Crippen LogP contribution in [0.1, 0.15) is 26.5 Å². The molecule has 1 amide bonds. The average molecular weight is 422 g/mol. The zero-order valence-electron chi connectivity index (χ0n) is 16.5. The van der Waals surface area contributed by atoms with E-state index < -0.39 is 22.0 Å². The van der Waals surface area contributed by atoms with E-state index >= 15 is 0 Å². The quantitative estimate of drug-likeness (QED) is 0.573. The Kier molecular flexibility index (Phi) is 5.84. The molecule has 3 aromatic rings. The van der Waals surface area contributed by atoms with Gasteiger partial charge < -0.3 is 14.7 Å². The van der Waals surface area contributed by atoms with E-state index in [0.717, 1.165) is 4.85 Å². The number of carbonyl (C=O) groups excluding carboxylic acids is 1. The van der Waals surface area contributed by atoms with Crippen molar-refractivity contribution >= 4 is 32.8 Å². The fourth-order valence-corrected chi connectivity index (χ4v) is 4.16. The van der Waals surface area contributed by atoms with E-state index in [4.69, 9.17) is 9.36 Å². The highest BCUT2D eigenvalue weighted by Crippen LogP contribution is 2.20. The number of fused-ring (bicyclic) bond motifs is 1. The van der Waals surface area contributed by atoms with E-state index in [1.54, 1.807) is 32.9 Å². The highest BCUT2D eigenvalue weighted by atomic mass is 32.2. The molecular formula is C17H22N6O5S. The number of aryl methyl sites for hydroxylation is 1. The SMILES string of the molecule is CCN(CC)S(=O)(=O)c1ccc2nnn(O[C@@H](C)C(=O)Nc3cc(C)on3)c2c1. The molecule has 0 spiro atoms. The minimum absolute atomic E-state index is 0.0935. The summed E-state index contributed by atoms with van der Waals surface area (Å²) in [5.74, 6) is 0.339. The summed E-state index contributed by atoms with van der Waals surface area (Å²) in [7, 11) is -3.66. The second kappa shape index (κ2) is 8.17. The first-order valence-corrected chi connectivity index (χ1v) is 10.5. The van der Waals surface area contributed by atoms with Gasteiger partial charge in [-0.15, -0.1) is 5.10 Å². The Labute approximate surface area is 167 Å². The molecule has 0 fully saturated rings. The van der Waals surface area contributed by atoms with Gasteiger partial charge in [0.25, 0.3) is 5.91 Å². The van der Waals surface area contributed by atoms with Gasteiger partial charge in [0.05, 0.1) is 4.90 Å². The first kappa shape index (κ1) is 20.7. The number of nitrogens with one attached hydrogen (secondary N) is 1. The zero-order chi connectivity index (χ0) is 21.2. The lowest BCUT2D eigenvalue weighted by molar-refractivity contribution is -0.127. The zero-order valence-corrected chi connectivity index (χ0v) is 17.3. The summed E-state index contributed by atoms with van der Waals surface area (Å²) in [5, 5.41) is 14.0. The van der Waals surface area contributed by atoms with Gasteiger partial charge in [0.2, 0.25) is 16.1 Å². The molecule has 0 aliphatic heterocycles. The third-order valence-corrected chi connectivity index (χ3v) is 6.28. The predicted molar refractivity (Wildman–Crippen MR) is 104 cm³/mol. The molecule has 156 valence electrons. The van der Waals surface area contributed by atoms with E-state index in [2.05, 4.69) is 20.8 Å². The molecule has 0 radical (unpaired) electrons. The second-order valence-corrected chi connectivity index (χ2v) is 8.20. The summed E-state index contributed by atoms with van der Waals surface area (Å²) >= 11 is 0. The maximum Gasteiger partial charge on any atom is 0.269 e. The van der Waals surface area contributed by atoms with Gasteiger partial charge in [-0.2, -0.15) is 4.31 Å². The molecule has 2 heterocycles. The topological polar surface area (TPSA) is 132 Å². The molecule has 12 heteroatoms. The first-order valence-electron chi connectivity index (χ1n) is 9.03. The van der Waals surface area contributed by atoms with E-state index in [1.165, 1.54) is 23.4 Å². The van der Waals surface area contributed by atoms with Crippen LogP contribution >= 0.6 is 0 Å². The molecular weight excluding hydrogens is 400 g/mol. The number of rotatable bonds is 8. The lowest BCUT2D eigenvalue weighted by Crippen LogP contribution is -2.35. The van der Waals surface area contributed by atoms with Crippen LogP contribution in [-0.2, 0) is 14.8 Å². The van der Waals surface area contributed by atoms with Gasteiger partial charge in [-0.3, -0.25) is 4.79 Å². The summed E-state index contributed by atoms with van der Waals surface area (Å²) < 4.78 is 31.8. The molecule has 0 saturated heterocycles. The van der Waals surface area contributed by atoms with Crippen molar-refractivity contribution in [3.8, 4) is 0 Å². The molecule has 0 aliphatic carbocycles. The van der Waals surface area contributed by atoms with Gasteiger partial charge in [0, 0.05) is 19.2 Å². The minimum Gasteiger partial charge on any atom is -0.382 e. The Bertz CT molecular complexity index is 1120. The first-order chi connectivity index (χ1) is 13.8. The summed E-state index contributed by atoms with van der Waals surface area (Å²) in [6.07, 6.45) is -0.958. The Hall–Kier alpha value is -2.99. The van der Waals surface area contributed by atoms with Gasteiger partial charge in [-0.25, -0.2) is 8.42 Å². The maximum absolute atomic E-state index is 12.8. The molecule has 1 aromatic carbocycles. The van der Waals surface area contributed by atoms with Crippen LogP contribution in [0.3, 0.4) is 0 Å². The molecule has 1 atom stereocenters. The van der Waals surface area contributed by atoms with Gasteiger partial charge in [-0.1, -0.05) is 23.8 Å². The van der Waals surface area contributed by atoms with Crippen molar-refractivity contribution in [1.82, 2.24) is 24.6 Å². The highest BCUT2D eigenvalue weighted by molar-refractivity contribution is 7.89. The fourth-order valence-electron chi connectivity index (χ4n) is 2.68. The van der Waals surface area contributed by atoms with Crippen molar-refractivity contribution in [2.24, 2.45) is 0 Å². The summed E-state index contributed by atoms with van der Waals surface area (Å²) in [5.41, 5.74) is 0.762. The Balaban J connectivity index is 1.83. The van der Waals surface area contributed by atoms with Gasteiger partial charge in [-0.05, 0) is 37.3 Å². The van der Waals surface area contributed by atoms with E-state index in [0.29, 0.717) is 29.9 Å². The number of sulfonamides is 1. The van der Waals surface area contributed by atoms with Crippen LogP contribution in [0.5, 0.6) is 0 Å². The second-order valence-electron chi connectivity index (χ2n) is 6.26. The van der Waals surface area contributed by atoms with E-state index in [1.807, 2.05) is 0 Å². The third kappa shape index (κ3) is 4.22. The largest absolute Gasteiger partial charge is 0.382 e. The fraction of sp³-hybridized carbons (Fsp3) is 0.412. The minimum atomic E-state index is -3.66. The number of aromatic nitrogens is 4. The summed E-state index contributed by atoms with van der Waals surface area (Å²) in [6, 6.07) is 6.01. The van der Waals surface area contributed by atoms with Crippen molar-refractivity contribution in [2.75, 3.05) is 18.4 Å². The maximum atomic E-state index is 12.8. The summed E-state index contributed by atoms with van der Waals surface area (Å²) in [4.78, 5) is 19.0. The number of anilines is 1. The van der Waals surface area contributed by atoms with Crippen molar-refractivity contribution in [2.45, 2.75) is 38.7 Å². The van der Waals surface area contributed by atoms with Crippen molar-refractivity contribution in [3.05, 3.63) is 30.0 Å². The van der Waals surface area contributed by atoms with E-state index in [-0.39, 0.29) is 10.7 Å². The van der Waals surface area contributed by atoms with Crippen LogP contribution in [0.4, 0.5) is 5.82 Å². The van der Waals surface area contributed by atoms with Crippen LogP contribution in [0.15, 0.2) is 33.7 Å². The molecule has 1 N–H and O–H groups in total. The molecule has 0 unspecified atom stereocenters. The molecule has 0 bridgehead atoms. The van der Waals surface area contributed by atoms with Gasteiger partial charge in [0.1, 0.15) is 16.8 Å². The van der Waals surface area contributed by atoms with Crippen molar-refractivity contribution < 1.29 is 22.6 Å². The smallest absolute Gasteiger partial charge is 0.269 e.